The zero-order chi connectivity index (χ0) is 16.3. The van der Waals surface area contributed by atoms with Gasteiger partial charge in [-0.05, 0) is 37.2 Å². The summed E-state index contributed by atoms with van der Waals surface area (Å²) in [6.45, 7) is 7.36. The van der Waals surface area contributed by atoms with Gasteiger partial charge in [-0.3, -0.25) is 9.59 Å². The summed E-state index contributed by atoms with van der Waals surface area (Å²) in [7, 11) is 1.82. The lowest BCUT2D eigenvalue weighted by Crippen LogP contribution is -2.25. The molecule has 1 aromatic carbocycles. The van der Waals surface area contributed by atoms with Crippen molar-refractivity contribution in [2.75, 3.05) is 19.6 Å². The molecule has 2 rings (SSSR count). The van der Waals surface area contributed by atoms with Crippen LogP contribution in [-0.4, -0.2) is 35.0 Å². The van der Waals surface area contributed by atoms with Crippen molar-refractivity contribution < 1.29 is 4.79 Å². The van der Waals surface area contributed by atoms with Gasteiger partial charge in [0.15, 0.2) is 0 Å². The Kier molecular flexibility index (Phi) is 4.98. The molecule has 22 heavy (non-hydrogen) atoms. The number of pyridine rings is 1. The SMILES string of the molecule is CCN(CC)CCc1ccc2c(=O)c(C(N)=O)cn(C)c2c1. The monoisotopic (exact) mass is 301 g/mol. The predicted octanol–water partition coefficient (Wildman–Crippen LogP) is 1.52. The number of hydrogen-bond donors (Lipinski definition) is 1. The third kappa shape index (κ3) is 3.20. The Morgan fingerprint density at radius 3 is 2.55 bits per heavy atom. The van der Waals surface area contributed by atoms with Crippen LogP contribution in [-0.2, 0) is 13.5 Å². The summed E-state index contributed by atoms with van der Waals surface area (Å²) >= 11 is 0. The van der Waals surface area contributed by atoms with Crippen molar-refractivity contribution in [3.63, 3.8) is 0 Å². The molecule has 0 saturated carbocycles. The largest absolute Gasteiger partial charge is 0.365 e. The third-order valence-electron chi connectivity index (χ3n) is 4.13. The van der Waals surface area contributed by atoms with E-state index in [1.54, 1.807) is 10.6 Å². The molecule has 5 heteroatoms. The number of benzene rings is 1. The van der Waals surface area contributed by atoms with Crippen molar-refractivity contribution >= 4 is 16.8 Å². The number of aryl methyl sites for hydroxylation is 1. The molecule has 5 nitrogen and oxygen atoms in total. The fraction of sp³-hybridized carbons (Fsp3) is 0.412. The number of carbonyl (C=O) groups excluding carboxylic acids is 1. The van der Waals surface area contributed by atoms with Crippen molar-refractivity contribution in [2.24, 2.45) is 12.8 Å². The number of likely N-dealkylation sites (N-methyl/N-ethyl adjacent to an activating group) is 1. The van der Waals surface area contributed by atoms with Gasteiger partial charge in [-0.15, -0.1) is 0 Å². The van der Waals surface area contributed by atoms with Gasteiger partial charge in [0.05, 0.1) is 5.52 Å². The number of aromatic nitrogens is 1. The topological polar surface area (TPSA) is 68.3 Å². The summed E-state index contributed by atoms with van der Waals surface area (Å²) in [5, 5.41) is 0.533. The van der Waals surface area contributed by atoms with Gasteiger partial charge >= 0.3 is 0 Å². The highest BCUT2D eigenvalue weighted by Gasteiger charge is 2.12. The van der Waals surface area contributed by atoms with Gasteiger partial charge in [0.25, 0.3) is 5.91 Å². The third-order valence-corrected chi connectivity index (χ3v) is 4.13. The first-order valence-corrected chi connectivity index (χ1v) is 7.62. The average Bonchev–Trinajstić information content (AvgIpc) is 2.51. The van der Waals surface area contributed by atoms with Crippen molar-refractivity contribution in [1.82, 2.24) is 9.47 Å². The molecular weight excluding hydrogens is 278 g/mol. The Labute approximate surface area is 130 Å². The summed E-state index contributed by atoms with van der Waals surface area (Å²) in [5.74, 6) is -0.687. The smallest absolute Gasteiger partial charge is 0.254 e. The maximum atomic E-state index is 12.3. The standard InChI is InChI=1S/C17H23N3O2/c1-4-20(5-2)9-8-12-6-7-13-15(10-12)19(3)11-14(16(13)21)17(18)22/h6-7,10-11H,4-5,8-9H2,1-3H3,(H2,18,22). The maximum absolute atomic E-state index is 12.3. The first-order chi connectivity index (χ1) is 10.5. The number of rotatable bonds is 6. The van der Waals surface area contributed by atoms with E-state index in [1.165, 1.54) is 11.8 Å². The van der Waals surface area contributed by atoms with E-state index in [1.807, 2.05) is 19.2 Å². The second kappa shape index (κ2) is 6.75. The molecule has 2 aromatic rings. The van der Waals surface area contributed by atoms with Gasteiger partial charge in [-0.2, -0.15) is 0 Å². The Morgan fingerprint density at radius 1 is 1.27 bits per heavy atom. The number of primary amides is 1. The van der Waals surface area contributed by atoms with E-state index in [0.29, 0.717) is 5.39 Å². The molecule has 0 radical (unpaired) electrons. The quantitative estimate of drug-likeness (QED) is 0.879. The minimum absolute atomic E-state index is 0.0332. The molecule has 1 amide bonds. The summed E-state index contributed by atoms with van der Waals surface area (Å²) in [6.07, 6.45) is 2.45. The summed E-state index contributed by atoms with van der Waals surface area (Å²) in [4.78, 5) is 26.0. The van der Waals surface area contributed by atoms with Gasteiger partial charge in [0.1, 0.15) is 5.56 Å². The van der Waals surface area contributed by atoms with Crippen molar-refractivity contribution in [3.05, 3.63) is 45.7 Å². The molecule has 0 fully saturated rings. The maximum Gasteiger partial charge on any atom is 0.254 e. The van der Waals surface area contributed by atoms with Crippen LogP contribution in [0.5, 0.6) is 0 Å². The first kappa shape index (κ1) is 16.2. The molecule has 0 unspecified atom stereocenters. The lowest BCUT2D eigenvalue weighted by Gasteiger charge is -2.18. The van der Waals surface area contributed by atoms with Crippen LogP contribution in [0.25, 0.3) is 10.9 Å². The van der Waals surface area contributed by atoms with Gasteiger partial charge in [-0.25, -0.2) is 0 Å². The number of hydrogen-bond acceptors (Lipinski definition) is 3. The normalized spacial score (nSPS) is 11.3. The lowest BCUT2D eigenvalue weighted by molar-refractivity contribution is 0.0999. The lowest BCUT2D eigenvalue weighted by atomic mass is 10.1. The van der Waals surface area contributed by atoms with Crippen molar-refractivity contribution in [3.8, 4) is 0 Å². The second-order valence-corrected chi connectivity index (χ2v) is 5.48. The Hall–Kier alpha value is -2.14. The fourth-order valence-corrected chi connectivity index (χ4v) is 2.69. The van der Waals surface area contributed by atoms with Crippen molar-refractivity contribution in [1.29, 1.82) is 0 Å². The van der Waals surface area contributed by atoms with Crippen LogP contribution >= 0.6 is 0 Å². The van der Waals surface area contributed by atoms with Crippen LogP contribution < -0.4 is 11.2 Å². The zero-order valence-corrected chi connectivity index (χ0v) is 13.4. The minimum atomic E-state index is -0.687. The predicted molar refractivity (Wildman–Crippen MR) is 89.2 cm³/mol. The van der Waals surface area contributed by atoms with Crippen LogP contribution in [0, 0.1) is 0 Å². The fourth-order valence-electron chi connectivity index (χ4n) is 2.69. The van der Waals surface area contributed by atoms with E-state index >= 15 is 0 Å². The molecule has 0 aliphatic rings. The summed E-state index contributed by atoms with van der Waals surface area (Å²) in [5.41, 5.74) is 7.00. The van der Waals surface area contributed by atoms with Crippen LogP contribution in [0.3, 0.4) is 0 Å². The molecule has 0 saturated heterocycles. The molecular formula is C17H23N3O2. The van der Waals surface area contributed by atoms with E-state index in [-0.39, 0.29) is 11.0 Å². The number of nitrogens with zero attached hydrogens (tertiary/aromatic N) is 2. The molecule has 1 aromatic heterocycles. The van der Waals surface area contributed by atoms with Crippen LogP contribution in [0.1, 0.15) is 29.8 Å². The second-order valence-electron chi connectivity index (χ2n) is 5.48. The van der Waals surface area contributed by atoms with Crippen LogP contribution in [0.15, 0.2) is 29.2 Å². The molecule has 0 aliphatic heterocycles. The molecule has 118 valence electrons. The van der Waals surface area contributed by atoms with Crippen LogP contribution in [0.4, 0.5) is 0 Å². The van der Waals surface area contributed by atoms with E-state index in [2.05, 4.69) is 18.7 Å². The van der Waals surface area contributed by atoms with E-state index in [9.17, 15) is 9.59 Å². The Bertz CT molecular complexity index is 745. The van der Waals surface area contributed by atoms with Gasteiger partial charge < -0.3 is 15.2 Å². The highest BCUT2D eigenvalue weighted by Crippen LogP contribution is 2.14. The number of amides is 1. The number of nitrogens with two attached hydrogens (primary N) is 1. The minimum Gasteiger partial charge on any atom is -0.365 e. The highest BCUT2D eigenvalue weighted by atomic mass is 16.2. The van der Waals surface area contributed by atoms with Gasteiger partial charge in [-0.1, -0.05) is 19.9 Å². The molecule has 2 N–H and O–H groups in total. The number of carbonyl (C=O) groups is 1. The highest BCUT2D eigenvalue weighted by molar-refractivity contribution is 5.96. The van der Waals surface area contributed by atoms with Gasteiger partial charge in [0.2, 0.25) is 5.43 Å². The van der Waals surface area contributed by atoms with Crippen LogP contribution in [0.2, 0.25) is 0 Å². The molecule has 0 bridgehead atoms. The van der Waals surface area contributed by atoms with Gasteiger partial charge in [0, 0.05) is 25.2 Å². The average molecular weight is 301 g/mol. The van der Waals surface area contributed by atoms with E-state index in [4.69, 9.17) is 5.73 Å². The summed E-state index contributed by atoms with van der Waals surface area (Å²) in [6, 6.07) is 5.77. The van der Waals surface area contributed by atoms with E-state index < -0.39 is 5.91 Å². The molecule has 0 spiro atoms. The van der Waals surface area contributed by atoms with E-state index in [0.717, 1.165) is 31.6 Å². The summed E-state index contributed by atoms with van der Waals surface area (Å²) < 4.78 is 1.79. The molecule has 0 atom stereocenters. The molecule has 0 aliphatic carbocycles. The Morgan fingerprint density at radius 2 is 1.95 bits per heavy atom. The first-order valence-electron chi connectivity index (χ1n) is 7.62. The molecule has 1 heterocycles. The van der Waals surface area contributed by atoms with Crippen molar-refractivity contribution in [2.45, 2.75) is 20.3 Å². The number of fused-ring (bicyclic) bond motifs is 1. The Balaban J connectivity index is 2.39. The zero-order valence-electron chi connectivity index (χ0n) is 13.4.